The molecule has 0 amide bonds. The zero-order valence-electron chi connectivity index (χ0n) is 12.7. The largest absolute Gasteiger partial charge is 0.496 e. The van der Waals surface area contributed by atoms with Gasteiger partial charge in [-0.2, -0.15) is 10.5 Å². The van der Waals surface area contributed by atoms with Crippen molar-refractivity contribution >= 4 is 33.5 Å². The third kappa shape index (κ3) is 1.48. The SMILES string of the molecule is COc1ccc([C@H]2[C@@]3(C#N)[C@@]4(N=C(N)[C@@]23C#N)OCCS4)cc1Br. The van der Waals surface area contributed by atoms with Crippen LogP contribution in [0.25, 0.3) is 0 Å². The maximum atomic E-state index is 10.0. The molecule has 0 bridgehead atoms. The summed E-state index contributed by atoms with van der Waals surface area (Å²) in [4.78, 5) is 4.42. The predicted molar refractivity (Wildman–Crippen MR) is 92.3 cm³/mol. The third-order valence-electron chi connectivity index (χ3n) is 5.12. The van der Waals surface area contributed by atoms with Crippen LogP contribution in [0.3, 0.4) is 0 Å². The summed E-state index contributed by atoms with van der Waals surface area (Å²) in [7, 11) is 1.59. The number of benzene rings is 1. The van der Waals surface area contributed by atoms with Crippen molar-refractivity contribution in [2.75, 3.05) is 19.5 Å². The Morgan fingerprint density at radius 2 is 2.25 bits per heavy atom. The molecule has 1 spiro atoms. The monoisotopic (exact) mass is 404 g/mol. The molecule has 2 N–H and O–H groups in total. The molecule has 8 heteroatoms. The average molecular weight is 405 g/mol. The molecular weight excluding hydrogens is 392 g/mol. The number of hydrogen-bond donors (Lipinski definition) is 1. The van der Waals surface area contributed by atoms with Crippen LogP contribution in [-0.4, -0.2) is 30.4 Å². The van der Waals surface area contributed by atoms with E-state index in [1.54, 1.807) is 7.11 Å². The highest BCUT2D eigenvalue weighted by Gasteiger charge is 2.93. The van der Waals surface area contributed by atoms with Gasteiger partial charge in [0.25, 0.3) is 0 Å². The summed E-state index contributed by atoms with van der Waals surface area (Å²) < 4.78 is 11.9. The van der Waals surface area contributed by atoms with Crippen LogP contribution in [0.1, 0.15) is 11.5 Å². The number of fused-ring (bicyclic) bond motifs is 2. The van der Waals surface area contributed by atoms with Crippen LogP contribution in [0.15, 0.2) is 27.7 Å². The summed E-state index contributed by atoms with van der Waals surface area (Å²) in [5, 5.41) is 18.9. The van der Waals surface area contributed by atoms with Crippen LogP contribution in [0.5, 0.6) is 5.75 Å². The van der Waals surface area contributed by atoms with E-state index in [0.29, 0.717) is 12.4 Å². The lowest BCUT2D eigenvalue weighted by Gasteiger charge is -2.26. The second-order valence-electron chi connectivity index (χ2n) is 5.94. The molecular formula is C16H13BrN4O2S. The van der Waals surface area contributed by atoms with Gasteiger partial charge in [-0.3, -0.25) is 0 Å². The van der Waals surface area contributed by atoms with Crippen molar-refractivity contribution in [2.24, 2.45) is 21.6 Å². The molecule has 2 heterocycles. The molecule has 2 aliphatic heterocycles. The molecule has 1 aromatic rings. The van der Waals surface area contributed by atoms with Gasteiger partial charge < -0.3 is 15.2 Å². The number of halogens is 1. The van der Waals surface area contributed by atoms with Gasteiger partial charge in [-0.25, -0.2) is 4.99 Å². The Bertz CT molecular complexity index is 855. The lowest BCUT2D eigenvalue weighted by molar-refractivity contribution is 0.0200. The number of nitrogens with zero attached hydrogens (tertiary/aromatic N) is 3. The summed E-state index contributed by atoms with van der Waals surface area (Å²) in [5.41, 5.74) is 4.75. The first-order chi connectivity index (χ1) is 11.5. The molecule has 1 aliphatic carbocycles. The minimum Gasteiger partial charge on any atom is -0.496 e. The molecule has 3 aliphatic rings. The number of thioether (sulfide) groups is 1. The molecule has 0 unspecified atom stereocenters. The topological polar surface area (TPSA) is 104 Å². The smallest absolute Gasteiger partial charge is 0.230 e. The first kappa shape index (κ1) is 15.8. The maximum absolute atomic E-state index is 10.0. The molecule has 0 aromatic heterocycles. The fraction of sp³-hybridized carbons (Fsp3) is 0.438. The number of aliphatic imine (C=N–C) groups is 1. The highest BCUT2D eigenvalue weighted by Crippen LogP contribution is 2.84. The molecule has 4 rings (SSSR count). The maximum Gasteiger partial charge on any atom is 0.230 e. The second-order valence-corrected chi connectivity index (χ2v) is 8.05. The van der Waals surface area contributed by atoms with E-state index in [-0.39, 0.29) is 11.8 Å². The van der Waals surface area contributed by atoms with Gasteiger partial charge in [0.05, 0.1) is 30.3 Å². The van der Waals surface area contributed by atoms with E-state index in [1.165, 1.54) is 11.8 Å². The standard InChI is InChI=1S/C16H13BrN4O2S/c1-22-11-3-2-9(6-10(11)17)12-14(7-18)13(20)21-16(15(12,14)8-19)23-4-5-24-16/h2-3,6,12H,4-5H2,1H3,(H2,20,21)/t12-,14-,15-,16-/m1/s1. The average Bonchev–Trinajstić information content (AvgIpc) is 2.84. The van der Waals surface area contributed by atoms with Gasteiger partial charge in [-0.1, -0.05) is 17.8 Å². The third-order valence-corrected chi connectivity index (χ3v) is 7.03. The molecule has 24 heavy (non-hydrogen) atoms. The quantitative estimate of drug-likeness (QED) is 0.810. The van der Waals surface area contributed by atoms with Gasteiger partial charge in [0, 0.05) is 11.7 Å². The van der Waals surface area contributed by atoms with Gasteiger partial charge >= 0.3 is 0 Å². The van der Waals surface area contributed by atoms with Crippen molar-refractivity contribution in [1.29, 1.82) is 10.5 Å². The van der Waals surface area contributed by atoms with Crippen molar-refractivity contribution in [1.82, 2.24) is 0 Å². The Morgan fingerprint density at radius 1 is 1.46 bits per heavy atom. The Labute approximate surface area is 151 Å². The number of nitrogens with two attached hydrogens (primary N) is 1. The fourth-order valence-corrected chi connectivity index (χ4v) is 5.96. The van der Waals surface area contributed by atoms with Crippen LogP contribution in [-0.2, 0) is 4.74 Å². The zero-order chi connectivity index (χ0) is 17.2. The van der Waals surface area contributed by atoms with E-state index >= 15 is 0 Å². The number of rotatable bonds is 2. The fourth-order valence-electron chi connectivity index (χ4n) is 4.08. The lowest BCUT2D eigenvalue weighted by Crippen LogP contribution is -2.34. The highest BCUT2D eigenvalue weighted by atomic mass is 79.9. The van der Waals surface area contributed by atoms with Crippen LogP contribution >= 0.6 is 27.7 Å². The van der Waals surface area contributed by atoms with E-state index in [2.05, 4.69) is 33.1 Å². The Hall–Kier alpha value is -1.74. The summed E-state index contributed by atoms with van der Waals surface area (Å²) in [5.74, 6) is 1.22. The Morgan fingerprint density at radius 3 is 2.79 bits per heavy atom. The van der Waals surface area contributed by atoms with E-state index in [1.807, 2.05) is 18.2 Å². The van der Waals surface area contributed by atoms with E-state index in [9.17, 15) is 10.5 Å². The summed E-state index contributed by atoms with van der Waals surface area (Å²) in [6.45, 7) is 0.491. The van der Waals surface area contributed by atoms with Gasteiger partial charge in [-0.05, 0) is 33.6 Å². The molecule has 6 nitrogen and oxygen atoms in total. The summed E-state index contributed by atoms with van der Waals surface area (Å²) >= 11 is 4.92. The Kier molecular flexibility index (Phi) is 3.21. The van der Waals surface area contributed by atoms with Crippen molar-refractivity contribution in [3.05, 3.63) is 28.2 Å². The number of nitriles is 2. The van der Waals surface area contributed by atoms with Crippen molar-refractivity contribution in [3.63, 3.8) is 0 Å². The molecule has 2 fully saturated rings. The van der Waals surface area contributed by atoms with Crippen LogP contribution in [0.2, 0.25) is 0 Å². The summed E-state index contributed by atoms with van der Waals surface area (Å²) in [6.07, 6.45) is 0. The molecule has 1 aromatic carbocycles. The first-order valence-corrected chi connectivity index (χ1v) is 9.10. The molecule has 1 saturated heterocycles. The van der Waals surface area contributed by atoms with E-state index in [0.717, 1.165) is 15.8 Å². The predicted octanol–water partition coefficient (Wildman–Crippen LogP) is 2.36. The minimum absolute atomic E-state index is 0.192. The highest BCUT2D eigenvalue weighted by molar-refractivity contribution is 9.10. The number of amidine groups is 1. The summed E-state index contributed by atoms with van der Waals surface area (Å²) in [6, 6.07) is 10.2. The second kappa shape index (κ2) is 4.89. The Balaban J connectivity index is 1.89. The molecule has 1 saturated carbocycles. The van der Waals surface area contributed by atoms with Crippen molar-refractivity contribution in [2.45, 2.75) is 11.0 Å². The van der Waals surface area contributed by atoms with Crippen LogP contribution in [0, 0.1) is 33.5 Å². The number of methoxy groups -OCH3 is 1. The van der Waals surface area contributed by atoms with Crippen molar-refractivity contribution < 1.29 is 9.47 Å². The number of ether oxygens (including phenoxy) is 2. The lowest BCUT2D eigenvalue weighted by atomic mass is 9.95. The van der Waals surface area contributed by atoms with Gasteiger partial charge in [0.1, 0.15) is 17.0 Å². The molecule has 122 valence electrons. The number of hydrogen-bond acceptors (Lipinski definition) is 7. The minimum atomic E-state index is -1.15. The van der Waals surface area contributed by atoms with E-state index in [4.69, 9.17) is 15.2 Å². The molecule has 4 atom stereocenters. The molecule has 0 radical (unpaired) electrons. The van der Waals surface area contributed by atoms with Crippen molar-refractivity contribution in [3.8, 4) is 17.9 Å². The normalized spacial score (nSPS) is 39.0. The van der Waals surface area contributed by atoms with Crippen LogP contribution < -0.4 is 10.5 Å². The van der Waals surface area contributed by atoms with Gasteiger partial charge in [0.2, 0.25) is 5.06 Å². The van der Waals surface area contributed by atoms with Gasteiger partial charge in [-0.15, -0.1) is 0 Å². The van der Waals surface area contributed by atoms with Gasteiger partial charge in [0.15, 0.2) is 5.41 Å². The van der Waals surface area contributed by atoms with Crippen LogP contribution in [0.4, 0.5) is 0 Å². The first-order valence-electron chi connectivity index (χ1n) is 7.32. The van der Waals surface area contributed by atoms with E-state index < -0.39 is 15.9 Å². The zero-order valence-corrected chi connectivity index (χ0v) is 15.1.